The monoisotopic (exact) mass is 402 g/mol. The Balaban J connectivity index is 1.80. The van der Waals surface area contributed by atoms with Crippen molar-refractivity contribution >= 4 is 27.8 Å². The number of aromatic nitrogens is 3. The number of hydrogen-bond donors (Lipinski definition) is 0. The van der Waals surface area contributed by atoms with Crippen molar-refractivity contribution in [1.29, 1.82) is 0 Å². The van der Waals surface area contributed by atoms with Crippen LogP contribution in [-0.4, -0.2) is 21.2 Å². The maximum atomic E-state index is 4.55. The van der Waals surface area contributed by atoms with E-state index in [0.29, 0.717) is 0 Å². The summed E-state index contributed by atoms with van der Waals surface area (Å²) in [5.74, 6) is 0. The van der Waals surface area contributed by atoms with Crippen LogP contribution < -0.4 is 0 Å². The van der Waals surface area contributed by atoms with Gasteiger partial charge in [-0.05, 0) is 36.4 Å². The van der Waals surface area contributed by atoms with E-state index in [4.69, 9.17) is 0 Å². The van der Waals surface area contributed by atoms with E-state index in [1.165, 1.54) is 0 Å². The standard InChI is InChI=1S/C21H15BrN4/c22-17-11-13-18(14-12-17)23-15-20-21(16-7-3-1-4-8-16)26(25-24-20)19-9-5-2-6-10-19/h1-15H. The molecule has 4 aromatic rings. The first-order valence-electron chi connectivity index (χ1n) is 8.17. The summed E-state index contributed by atoms with van der Waals surface area (Å²) in [6.07, 6.45) is 1.76. The van der Waals surface area contributed by atoms with Crippen LogP contribution in [0.4, 0.5) is 5.69 Å². The Hall–Kier alpha value is -3.05. The number of nitrogens with zero attached hydrogens (tertiary/aromatic N) is 4. The minimum absolute atomic E-state index is 0.725. The molecule has 0 amide bonds. The molecule has 0 aliphatic heterocycles. The summed E-state index contributed by atoms with van der Waals surface area (Å²) in [6, 6.07) is 27.9. The Morgan fingerprint density at radius 2 is 1.46 bits per heavy atom. The van der Waals surface area contributed by atoms with Gasteiger partial charge < -0.3 is 0 Å². The number of para-hydroxylation sites is 1. The van der Waals surface area contributed by atoms with Gasteiger partial charge in [-0.25, -0.2) is 4.68 Å². The normalized spacial score (nSPS) is 11.1. The number of hydrogen-bond acceptors (Lipinski definition) is 3. The van der Waals surface area contributed by atoms with Crippen molar-refractivity contribution in [2.24, 2.45) is 4.99 Å². The van der Waals surface area contributed by atoms with E-state index in [9.17, 15) is 0 Å². The molecule has 0 atom stereocenters. The average molecular weight is 403 g/mol. The SMILES string of the molecule is Brc1ccc(N=Cc2nnn(-c3ccccc3)c2-c2ccccc2)cc1. The lowest BCUT2D eigenvalue weighted by Gasteiger charge is -2.07. The molecule has 0 radical (unpaired) electrons. The van der Waals surface area contributed by atoms with Gasteiger partial charge in [0, 0.05) is 10.0 Å². The Kier molecular flexibility index (Phi) is 4.71. The molecule has 3 aromatic carbocycles. The molecule has 0 N–H and O–H groups in total. The minimum Gasteiger partial charge on any atom is -0.254 e. The molecular formula is C21H15BrN4. The van der Waals surface area contributed by atoms with Crippen LogP contribution in [0.3, 0.4) is 0 Å². The minimum atomic E-state index is 0.725. The van der Waals surface area contributed by atoms with Crippen LogP contribution in [0.15, 0.2) is 94.4 Å². The second kappa shape index (κ2) is 7.45. The molecule has 1 aromatic heterocycles. The van der Waals surface area contributed by atoms with Gasteiger partial charge in [0.1, 0.15) is 11.4 Å². The van der Waals surface area contributed by atoms with Crippen molar-refractivity contribution in [2.45, 2.75) is 0 Å². The Morgan fingerprint density at radius 1 is 0.808 bits per heavy atom. The lowest BCUT2D eigenvalue weighted by atomic mass is 10.1. The summed E-state index contributed by atoms with van der Waals surface area (Å²) in [7, 11) is 0. The van der Waals surface area contributed by atoms with Gasteiger partial charge in [0.05, 0.1) is 17.6 Å². The molecule has 0 spiro atoms. The van der Waals surface area contributed by atoms with Crippen LogP contribution in [0.25, 0.3) is 16.9 Å². The quantitative estimate of drug-likeness (QED) is 0.426. The van der Waals surface area contributed by atoms with E-state index in [2.05, 4.69) is 43.4 Å². The van der Waals surface area contributed by atoms with E-state index in [1.807, 2.05) is 77.5 Å². The lowest BCUT2D eigenvalue weighted by molar-refractivity contribution is 0.807. The lowest BCUT2D eigenvalue weighted by Crippen LogP contribution is -1.99. The number of halogens is 1. The topological polar surface area (TPSA) is 43.1 Å². The van der Waals surface area contributed by atoms with Crippen molar-refractivity contribution in [3.05, 3.63) is 95.1 Å². The highest BCUT2D eigenvalue weighted by Crippen LogP contribution is 2.25. The molecule has 126 valence electrons. The molecule has 1 heterocycles. The molecule has 0 unspecified atom stereocenters. The second-order valence-corrected chi connectivity index (χ2v) is 6.59. The molecule has 0 fully saturated rings. The predicted molar refractivity (Wildman–Crippen MR) is 108 cm³/mol. The summed E-state index contributed by atoms with van der Waals surface area (Å²) < 4.78 is 2.87. The van der Waals surface area contributed by atoms with E-state index in [1.54, 1.807) is 6.21 Å². The van der Waals surface area contributed by atoms with E-state index >= 15 is 0 Å². The van der Waals surface area contributed by atoms with Crippen molar-refractivity contribution < 1.29 is 0 Å². The highest BCUT2D eigenvalue weighted by molar-refractivity contribution is 9.10. The third kappa shape index (κ3) is 3.48. The van der Waals surface area contributed by atoms with Gasteiger partial charge in [0.25, 0.3) is 0 Å². The molecule has 0 bridgehead atoms. The van der Waals surface area contributed by atoms with Gasteiger partial charge in [-0.15, -0.1) is 5.10 Å². The maximum Gasteiger partial charge on any atom is 0.132 e. The summed E-state index contributed by atoms with van der Waals surface area (Å²) in [5, 5.41) is 8.71. The van der Waals surface area contributed by atoms with Gasteiger partial charge in [-0.3, -0.25) is 4.99 Å². The number of aliphatic imine (C=N–C) groups is 1. The van der Waals surface area contributed by atoms with Gasteiger partial charge in [0.15, 0.2) is 0 Å². The summed E-state index contributed by atoms with van der Waals surface area (Å²) in [5.41, 5.74) is 4.50. The van der Waals surface area contributed by atoms with Crippen LogP contribution in [0, 0.1) is 0 Å². The van der Waals surface area contributed by atoms with Crippen molar-refractivity contribution in [3.8, 4) is 16.9 Å². The van der Waals surface area contributed by atoms with Crippen LogP contribution in [0.5, 0.6) is 0 Å². The second-order valence-electron chi connectivity index (χ2n) is 5.67. The molecule has 0 saturated heterocycles. The fourth-order valence-electron chi connectivity index (χ4n) is 2.66. The van der Waals surface area contributed by atoms with Gasteiger partial charge >= 0.3 is 0 Å². The zero-order chi connectivity index (χ0) is 17.8. The van der Waals surface area contributed by atoms with Crippen LogP contribution in [-0.2, 0) is 0 Å². The molecule has 0 saturated carbocycles. The van der Waals surface area contributed by atoms with Crippen LogP contribution >= 0.6 is 15.9 Å². The third-order valence-corrected chi connectivity index (χ3v) is 4.44. The van der Waals surface area contributed by atoms with Crippen LogP contribution in [0.2, 0.25) is 0 Å². The molecule has 4 rings (SSSR count). The van der Waals surface area contributed by atoms with E-state index < -0.39 is 0 Å². The first-order chi connectivity index (χ1) is 12.8. The van der Waals surface area contributed by atoms with Gasteiger partial charge in [-0.1, -0.05) is 69.7 Å². The first kappa shape index (κ1) is 16.4. The predicted octanol–water partition coefficient (Wildman–Crippen LogP) is 5.45. The molecule has 26 heavy (non-hydrogen) atoms. The largest absolute Gasteiger partial charge is 0.254 e. The number of benzene rings is 3. The zero-order valence-corrected chi connectivity index (χ0v) is 15.4. The molecule has 4 nitrogen and oxygen atoms in total. The summed E-state index contributed by atoms with van der Waals surface area (Å²) >= 11 is 3.44. The fraction of sp³-hybridized carbons (Fsp3) is 0. The van der Waals surface area contributed by atoms with Crippen molar-refractivity contribution in [1.82, 2.24) is 15.0 Å². The zero-order valence-electron chi connectivity index (χ0n) is 13.8. The van der Waals surface area contributed by atoms with E-state index in [-0.39, 0.29) is 0 Å². The Morgan fingerprint density at radius 3 is 2.15 bits per heavy atom. The Labute approximate surface area is 160 Å². The Bertz CT molecular complexity index is 1020. The third-order valence-electron chi connectivity index (χ3n) is 3.91. The summed E-state index contributed by atoms with van der Waals surface area (Å²) in [6.45, 7) is 0. The maximum absolute atomic E-state index is 4.55. The summed E-state index contributed by atoms with van der Waals surface area (Å²) in [4.78, 5) is 4.55. The van der Waals surface area contributed by atoms with Crippen molar-refractivity contribution in [2.75, 3.05) is 0 Å². The van der Waals surface area contributed by atoms with E-state index in [0.717, 1.165) is 32.8 Å². The smallest absolute Gasteiger partial charge is 0.132 e. The molecule has 0 aliphatic carbocycles. The van der Waals surface area contributed by atoms with Gasteiger partial charge in [-0.2, -0.15) is 0 Å². The van der Waals surface area contributed by atoms with Crippen molar-refractivity contribution in [3.63, 3.8) is 0 Å². The first-order valence-corrected chi connectivity index (χ1v) is 8.97. The molecule has 0 aliphatic rings. The average Bonchev–Trinajstić information content (AvgIpc) is 3.13. The highest BCUT2D eigenvalue weighted by atomic mass is 79.9. The molecule has 5 heteroatoms. The fourth-order valence-corrected chi connectivity index (χ4v) is 2.92. The van der Waals surface area contributed by atoms with Gasteiger partial charge in [0.2, 0.25) is 0 Å². The number of rotatable bonds is 4. The van der Waals surface area contributed by atoms with Crippen LogP contribution in [0.1, 0.15) is 5.69 Å². The highest BCUT2D eigenvalue weighted by Gasteiger charge is 2.14. The molecular weight excluding hydrogens is 388 g/mol.